The van der Waals surface area contributed by atoms with Crippen LogP contribution < -0.4 is 0 Å². The molecule has 1 N–H and O–H groups in total. The molecule has 0 aromatic rings. The summed E-state index contributed by atoms with van der Waals surface area (Å²) in [5, 5.41) is 8.58. The van der Waals surface area contributed by atoms with Gasteiger partial charge in [0.05, 0.1) is 6.10 Å². The van der Waals surface area contributed by atoms with Gasteiger partial charge in [-0.3, -0.25) is 0 Å². The average Bonchev–Trinajstić information content (AvgIpc) is 2.21. The summed E-state index contributed by atoms with van der Waals surface area (Å²) >= 11 is 0. The third-order valence-corrected chi connectivity index (χ3v) is 1.48. The third-order valence-electron chi connectivity index (χ3n) is 1.48. The SMILES string of the molecule is CC(O)C1(F)CC1. The van der Waals surface area contributed by atoms with Crippen LogP contribution in [0.5, 0.6) is 0 Å². The maximum absolute atomic E-state index is 12.4. The second-order valence-electron chi connectivity index (χ2n) is 2.21. The lowest BCUT2D eigenvalue weighted by molar-refractivity contribution is 0.0764. The molecule has 0 amide bonds. The van der Waals surface area contributed by atoms with E-state index in [9.17, 15) is 4.39 Å². The molecular weight excluding hydrogens is 95.1 g/mol. The summed E-state index contributed by atoms with van der Waals surface area (Å²) in [5.74, 6) is 0. The van der Waals surface area contributed by atoms with Crippen LogP contribution in [0.15, 0.2) is 0 Å². The van der Waals surface area contributed by atoms with Gasteiger partial charge in [0, 0.05) is 0 Å². The summed E-state index contributed by atoms with van der Waals surface area (Å²) in [5.41, 5.74) is -1.19. The number of rotatable bonds is 1. The van der Waals surface area contributed by atoms with Crippen LogP contribution in [0.25, 0.3) is 0 Å². The first-order chi connectivity index (χ1) is 3.15. The van der Waals surface area contributed by atoms with Gasteiger partial charge in [-0.1, -0.05) is 0 Å². The molecule has 0 bridgehead atoms. The summed E-state index contributed by atoms with van der Waals surface area (Å²) in [6, 6.07) is 0. The van der Waals surface area contributed by atoms with Gasteiger partial charge in [0.15, 0.2) is 0 Å². The summed E-state index contributed by atoms with van der Waals surface area (Å²) in [4.78, 5) is 0. The van der Waals surface area contributed by atoms with Gasteiger partial charge >= 0.3 is 0 Å². The molecule has 0 spiro atoms. The molecule has 2 heteroatoms. The van der Waals surface area contributed by atoms with E-state index in [0.717, 1.165) is 0 Å². The molecule has 0 heterocycles. The van der Waals surface area contributed by atoms with Crippen LogP contribution in [-0.4, -0.2) is 16.9 Å². The van der Waals surface area contributed by atoms with Gasteiger partial charge in [-0.25, -0.2) is 4.39 Å². The highest BCUT2D eigenvalue weighted by Gasteiger charge is 2.47. The van der Waals surface area contributed by atoms with Gasteiger partial charge in [-0.2, -0.15) is 0 Å². The summed E-state index contributed by atoms with van der Waals surface area (Å²) < 4.78 is 12.4. The molecule has 1 rings (SSSR count). The molecule has 0 saturated heterocycles. The first kappa shape index (κ1) is 5.04. The van der Waals surface area contributed by atoms with Crippen LogP contribution in [-0.2, 0) is 0 Å². The standard InChI is InChI=1S/C5H9FO/c1-4(7)5(6)2-3-5/h4,7H,2-3H2,1H3. The second kappa shape index (κ2) is 1.19. The van der Waals surface area contributed by atoms with E-state index in [2.05, 4.69) is 0 Å². The van der Waals surface area contributed by atoms with Crippen molar-refractivity contribution >= 4 is 0 Å². The van der Waals surface area contributed by atoms with Crippen LogP contribution >= 0.6 is 0 Å². The number of aliphatic hydroxyl groups excluding tert-OH is 1. The van der Waals surface area contributed by atoms with E-state index in [1.165, 1.54) is 6.92 Å². The first-order valence-corrected chi connectivity index (χ1v) is 2.52. The van der Waals surface area contributed by atoms with Gasteiger partial charge < -0.3 is 5.11 Å². The average molecular weight is 104 g/mol. The van der Waals surface area contributed by atoms with Crippen molar-refractivity contribution in [3.8, 4) is 0 Å². The molecule has 1 aliphatic rings. The smallest absolute Gasteiger partial charge is 0.136 e. The van der Waals surface area contributed by atoms with E-state index in [-0.39, 0.29) is 0 Å². The summed E-state index contributed by atoms with van der Waals surface area (Å²) in [6.45, 7) is 1.49. The van der Waals surface area contributed by atoms with E-state index in [4.69, 9.17) is 5.11 Å². The molecular formula is C5H9FO. The predicted molar refractivity (Wildman–Crippen MR) is 24.8 cm³/mol. The van der Waals surface area contributed by atoms with Gasteiger partial charge in [-0.15, -0.1) is 0 Å². The number of hydrogen-bond donors (Lipinski definition) is 1. The molecule has 42 valence electrons. The Morgan fingerprint density at radius 3 is 2.14 bits per heavy atom. The highest BCUT2D eigenvalue weighted by atomic mass is 19.1. The molecule has 1 aliphatic carbocycles. The van der Waals surface area contributed by atoms with E-state index in [0.29, 0.717) is 12.8 Å². The Hall–Kier alpha value is -0.110. The highest BCUT2D eigenvalue weighted by molar-refractivity contribution is 4.98. The van der Waals surface area contributed by atoms with Gasteiger partial charge in [-0.05, 0) is 19.8 Å². The van der Waals surface area contributed by atoms with Crippen molar-refractivity contribution < 1.29 is 9.50 Å². The van der Waals surface area contributed by atoms with Crippen LogP contribution in [0.4, 0.5) is 4.39 Å². The van der Waals surface area contributed by atoms with Gasteiger partial charge in [0.1, 0.15) is 5.67 Å². The minimum atomic E-state index is -1.19. The summed E-state index contributed by atoms with van der Waals surface area (Å²) in [7, 11) is 0. The lowest BCUT2D eigenvalue weighted by atomic mass is 10.2. The quantitative estimate of drug-likeness (QED) is 0.523. The Morgan fingerprint density at radius 2 is 2.14 bits per heavy atom. The molecule has 1 unspecified atom stereocenters. The van der Waals surface area contributed by atoms with Crippen molar-refractivity contribution in [2.24, 2.45) is 0 Å². The van der Waals surface area contributed by atoms with E-state index >= 15 is 0 Å². The molecule has 1 fully saturated rings. The minimum Gasteiger partial charge on any atom is -0.390 e. The largest absolute Gasteiger partial charge is 0.390 e. The third kappa shape index (κ3) is 0.752. The van der Waals surface area contributed by atoms with Crippen LogP contribution in [0.2, 0.25) is 0 Å². The molecule has 0 aromatic heterocycles. The zero-order chi connectivity index (χ0) is 5.49. The first-order valence-electron chi connectivity index (χ1n) is 2.52. The van der Waals surface area contributed by atoms with Gasteiger partial charge in [0.2, 0.25) is 0 Å². The number of aliphatic hydroxyl groups is 1. The Balaban J connectivity index is 2.39. The zero-order valence-corrected chi connectivity index (χ0v) is 4.32. The fourth-order valence-electron chi connectivity index (χ4n) is 0.537. The molecule has 1 atom stereocenters. The van der Waals surface area contributed by atoms with Crippen LogP contribution in [0.1, 0.15) is 19.8 Å². The molecule has 0 aliphatic heterocycles. The van der Waals surface area contributed by atoms with Crippen molar-refractivity contribution in [2.75, 3.05) is 0 Å². The molecule has 1 nitrogen and oxygen atoms in total. The fraction of sp³-hybridized carbons (Fsp3) is 1.00. The predicted octanol–water partition coefficient (Wildman–Crippen LogP) is 0.869. The topological polar surface area (TPSA) is 20.2 Å². The molecule has 1 saturated carbocycles. The Morgan fingerprint density at radius 1 is 1.71 bits per heavy atom. The van der Waals surface area contributed by atoms with E-state index in [1.807, 2.05) is 0 Å². The van der Waals surface area contributed by atoms with Crippen LogP contribution in [0, 0.1) is 0 Å². The van der Waals surface area contributed by atoms with Crippen molar-refractivity contribution in [3.63, 3.8) is 0 Å². The lowest BCUT2D eigenvalue weighted by Gasteiger charge is -2.05. The maximum Gasteiger partial charge on any atom is 0.136 e. The molecule has 0 aromatic carbocycles. The monoisotopic (exact) mass is 104 g/mol. The Bertz CT molecular complexity index is 76.1. The van der Waals surface area contributed by atoms with E-state index in [1.54, 1.807) is 0 Å². The van der Waals surface area contributed by atoms with Crippen molar-refractivity contribution in [2.45, 2.75) is 31.5 Å². The fourth-order valence-corrected chi connectivity index (χ4v) is 0.537. The minimum absolute atomic E-state index is 0.546. The number of hydrogen-bond acceptors (Lipinski definition) is 1. The number of alkyl halides is 1. The lowest BCUT2D eigenvalue weighted by Crippen LogP contribution is -2.18. The number of halogens is 1. The van der Waals surface area contributed by atoms with Crippen molar-refractivity contribution in [1.82, 2.24) is 0 Å². The Labute approximate surface area is 42.2 Å². The second-order valence-corrected chi connectivity index (χ2v) is 2.21. The maximum atomic E-state index is 12.4. The molecule has 7 heavy (non-hydrogen) atoms. The van der Waals surface area contributed by atoms with Crippen LogP contribution in [0.3, 0.4) is 0 Å². The highest BCUT2D eigenvalue weighted by Crippen LogP contribution is 2.42. The zero-order valence-electron chi connectivity index (χ0n) is 4.32. The Kier molecular flexibility index (Phi) is 0.854. The normalized spacial score (nSPS) is 29.6. The van der Waals surface area contributed by atoms with Gasteiger partial charge in [0.25, 0.3) is 0 Å². The van der Waals surface area contributed by atoms with E-state index < -0.39 is 11.8 Å². The van der Waals surface area contributed by atoms with Crippen molar-refractivity contribution in [3.05, 3.63) is 0 Å². The van der Waals surface area contributed by atoms with Crippen molar-refractivity contribution in [1.29, 1.82) is 0 Å². The molecule has 0 radical (unpaired) electrons. The summed E-state index contributed by atoms with van der Waals surface area (Å²) in [6.07, 6.45) is 0.336.